The monoisotopic (exact) mass is 384 g/mol. The second-order valence-corrected chi connectivity index (χ2v) is 6.26. The Balaban J connectivity index is 1.70. The first-order valence-electron chi connectivity index (χ1n) is 7.02. The van der Waals surface area contributed by atoms with Crippen molar-refractivity contribution in [3.8, 4) is 0 Å². The van der Waals surface area contributed by atoms with E-state index in [1.54, 1.807) is 0 Å². The number of benzene rings is 1. The molecule has 0 saturated carbocycles. The van der Waals surface area contributed by atoms with Crippen LogP contribution in [0.1, 0.15) is 43.3 Å². The van der Waals surface area contributed by atoms with E-state index in [9.17, 15) is 0 Å². The van der Waals surface area contributed by atoms with E-state index in [4.69, 9.17) is 4.74 Å². The summed E-state index contributed by atoms with van der Waals surface area (Å²) >= 11 is 2.32. The molecule has 0 fully saturated rings. The Morgan fingerprint density at radius 3 is 2.65 bits per heavy atom. The van der Waals surface area contributed by atoms with Gasteiger partial charge in [0.25, 0.3) is 0 Å². The van der Waals surface area contributed by atoms with E-state index in [-0.39, 0.29) is 0 Å². The average molecular weight is 384 g/mol. The van der Waals surface area contributed by atoms with Crippen molar-refractivity contribution in [3.05, 3.63) is 51.1 Å². The standard InChI is InChI=1S/C16H21IN2O/c1-12(2)15-16(17)19-14(18-15)9-6-10-20-11-13-7-4-3-5-8-13/h3-5,7-8,12H,6,9-11H2,1-2H3,(H,18,19). The molecule has 1 N–H and O–H groups in total. The molecule has 0 spiro atoms. The number of halogens is 1. The molecule has 0 saturated heterocycles. The smallest absolute Gasteiger partial charge is 0.107 e. The molecule has 0 bridgehead atoms. The largest absolute Gasteiger partial charge is 0.377 e. The Bertz CT molecular complexity index is 523. The van der Waals surface area contributed by atoms with Crippen molar-refractivity contribution in [2.75, 3.05) is 6.61 Å². The van der Waals surface area contributed by atoms with E-state index < -0.39 is 0 Å². The zero-order chi connectivity index (χ0) is 14.4. The van der Waals surface area contributed by atoms with E-state index in [1.807, 2.05) is 18.2 Å². The van der Waals surface area contributed by atoms with Gasteiger partial charge in [0.2, 0.25) is 0 Å². The van der Waals surface area contributed by atoms with E-state index >= 15 is 0 Å². The van der Waals surface area contributed by atoms with E-state index in [2.05, 4.69) is 58.5 Å². The summed E-state index contributed by atoms with van der Waals surface area (Å²) in [6.07, 6.45) is 1.94. The lowest BCUT2D eigenvalue weighted by molar-refractivity contribution is 0.118. The minimum absolute atomic E-state index is 0.473. The van der Waals surface area contributed by atoms with Gasteiger partial charge < -0.3 is 9.72 Å². The number of ether oxygens (including phenoxy) is 1. The van der Waals surface area contributed by atoms with Crippen molar-refractivity contribution in [1.29, 1.82) is 0 Å². The van der Waals surface area contributed by atoms with Gasteiger partial charge in [-0.25, -0.2) is 4.98 Å². The molecular weight excluding hydrogens is 363 g/mol. The molecule has 20 heavy (non-hydrogen) atoms. The van der Waals surface area contributed by atoms with Crippen LogP contribution >= 0.6 is 22.6 Å². The van der Waals surface area contributed by atoms with Gasteiger partial charge in [0, 0.05) is 13.0 Å². The number of rotatable bonds is 7. The van der Waals surface area contributed by atoms with Crippen LogP contribution in [0.2, 0.25) is 0 Å². The number of H-pyrrole nitrogens is 1. The lowest BCUT2D eigenvalue weighted by atomic mass is 10.2. The number of aryl methyl sites for hydroxylation is 1. The van der Waals surface area contributed by atoms with Crippen LogP contribution in [0.4, 0.5) is 0 Å². The Morgan fingerprint density at radius 2 is 2.00 bits per heavy atom. The summed E-state index contributed by atoms with van der Waals surface area (Å²) < 4.78 is 6.85. The summed E-state index contributed by atoms with van der Waals surface area (Å²) in [6.45, 7) is 5.80. The van der Waals surface area contributed by atoms with Crippen LogP contribution in [-0.4, -0.2) is 16.6 Å². The first-order valence-corrected chi connectivity index (χ1v) is 8.10. The molecule has 0 aliphatic carbocycles. The molecule has 2 aromatic rings. The highest BCUT2D eigenvalue weighted by atomic mass is 127. The maximum absolute atomic E-state index is 5.68. The molecule has 0 atom stereocenters. The highest BCUT2D eigenvalue weighted by molar-refractivity contribution is 14.1. The van der Waals surface area contributed by atoms with Crippen LogP contribution in [0.5, 0.6) is 0 Å². The zero-order valence-electron chi connectivity index (χ0n) is 12.0. The normalized spacial score (nSPS) is 11.2. The third-order valence-electron chi connectivity index (χ3n) is 3.10. The average Bonchev–Trinajstić information content (AvgIpc) is 2.81. The van der Waals surface area contributed by atoms with Gasteiger partial charge in [-0.3, -0.25) is 0 Å². The summed E-state index contributed by atoms with van der Waals surface area (Å²) in [5, 5.41) is 0. The van der Waals surface area contributed by atoms with Crippen LogP contribution in [0, 0.1) is 3.70 Å². The molecule has 0 amide bonds. The molecule has 0 radical (unpaired) electrons. The van der Waals surface area contributed by atoms with Crippen molar-refractivity contribution >= 4 is 22.6 Å². The molecule has 1 aromatic heterocycles. The number of nitrogens with zero attached hydrogens (tertiary/aromatic N) is 1. The third-order valence-corrected chi connectivity index (χ3v) is 3.92. The first-order chi connectivity index (χ1) is 9.66. The molecule has 1 aromatic carbocycles. The minimum Gasteiger partial charge on any atom is -0.377 e. The first kappa shape index (κ1) is 15.5. The van der Waals surface area contributed by atoms with Gasteiger partial charge in [-0.2, -0.15) is 0 Å². The van der Waals surface area contributed by atoms with Crippen LogP contribution in [0.3, 0.4) is 0 Å². The number of imidazole rings is 1. The molecule has 4 heteroatoms. The van der Waals surface area contributed by atoms with Gasteiger partial charge in [-0.05, 0) is 40.5 Å². The maximum Gasteiger partial charge on any atom is 0.107 e. The van der Waals surface area contributed by atoms with Crippen LogP contribution in [-0.2, 0) is 17.8 Å². The van der Waals surface area contributed by atoms with Crippen molar-refractivity contribution in [3.63, 3.8) is 0 Å². The van der Waals surface area contributed by atoms with Crippen molar-refractivity contribution in [2.24, 2.45) is 0 Å². The van der Waals surface area contributed by atoms with Gasteiger partial charge in [-0.1, -0.05) is 44.2 Å². The zero-order valence-corrected chi connectivity index (χ0v) is 14.2. The van der Waals surface area contributed by atoms with E-state index in [1.165, 1.54) is 11.3 Å². The molecule has 3 nitrogen and oxygen atoms in total. The summed E-state index contributed by atoms with van der Waals surface area (Å²) in [5.41, 5.74) is 2.40. The fourth-order valence-electron chi connectivity index (χ4n) is 2.02. The second-order valence-electron chi connectivity index (χ2n) is 5.18. The summed E-state index contributed by atoms with van der Waals surface area (Å²) in [4.78, 5) is 8.00. The molecule has 1 heterocycles. The number of hydrogen-bond donors (Lipinski definition) is 1. The summed E-state index contributed by atoms with van der Waals surface area (Å²) in [5.74, 6) is 1.54. The SMILES string of the molecule is CC(C)c1nc(CCCOCc2ccccc2)[nH]c1I. The van der Waals surface area contributed by atoms with Gasteiger partial charge in [0.05, 0.1) is 12.3 Å². The predicted molar refractivity (Wildman–Crippen MR) is 89.8 cm³/mol. The van der Waals surface area contributed by atoms with Gasteiger partial charge in [0.15, 0.2) is 0 Å². The quantitative estimate of drug-likeness (QED) is 0.572. The fraction of sp³-hybridized carbons (Fsp3) is 0.438. The lowest BCUT2D eigenvalue weighted by Gasteiger charge is -2.03. The highest BCUT2D eigenvalue weighted by Crippen LogP contribution is 2.19. The van der Waals surface area contributed by atoms with Crippen LogP contribution < -0.4 is 0 Å². The second kappa shape index (κ2) is 7.78. The molecule has 2 rings (SSSR count). The van der Waals surface area contributed by atoms with Gasteiger partial charge in [0.1, 0.15) is 9.53 Å². The predicted octanol–water partition coefficient (Wildman–Crippen LogP) is 4.29. The topological polar surface area (TPSA) is 37.9 Å². The Hall–Kier alpha value is -0.880. The Kier molecular flexibility index (Phi) is 6.04. The molecule has 0 aliphatic heterocycles. The van der Waals surface area contributed by atoms with Gasteiger partial charge in [-0.15, -0.1) is 0 Å². The number of hydrogen-bond acceptors (Lipinski definition) is 2. The van der Waals surface area contributed by atoms with Crippen molar-refractivity contribution in [2.45, 2.75) is 39.2 Å². The molecule has 0 aliphatic rings. The van der Waals surface area contributed by atoms with Gasteiger partial charge >= 0.3 is 0 Å². The van der Waals surface area contributed by atoms with E-state index in [0.717, 1.165) is 29.0 Å². The number of aromatic nitrogens is 2. The van der Waals surface area contributed by atoms with Crippen LogP contribution in [0.15, 0.2) is 30.3 Å². The Morgan fingerprint density at radius 1 is 1.25 bits per heavy atom. The van der Waals surface area contributed by atoms with Crippen LogP contribution in [0.25, 0.3) is 0 Å². The minimum atomic E-state index is 0.473. The Labute approximate surface area is 134 Å². The summed E-state index contributed by atoms with van der Waals surface area (Å²) in [6, 6.07) is 10.3. The molecule has 0 unspecified atom stereocenters. The molecule has 108 valence electrons. The highest BCUT2D eigenvalue weighted by Gasteiger charge is 2.10. The number of aromatic amines is 1. The maximum atomic E-state index is 5.68. The van der Waals surface area contributed by atoms with Crippen molar-refractivity contribution < 1.29 is 4.74 Å². The number of nitrogens with one attached hydrogen (secondary N) is 1. The summed E-state index contributed by atoms with van der Waals surface area (Å²) in [7, 11) is 0. The fourth-order valence-corrected chi connectivity index (χ4v) is 3.07. The lowest BCUT2D eigenvalue weighted by Crippen LogP contribution is -1.98. The third kappa shape index (κ3) is 4.59. The van der Waals surface area contributed by atoms with Crippen molar-refractivity contribution in [1.82, 2.24) is 9.97 Å². The molecular formula is C16H21IN2O. The van der Waals surface area contributed by atoms with E-state index in [0.29, 0.717) is 12.5 Å².